The number of nitrogens with one attached hydrogen (secondary N) is 1. The summed E-state index contributed by atoms with van der Waals surface area (Å²) in [6.45, 7) is 3.34. The van der Waals surface area contributed by atoms with Crippen LogP contribution in [0.5, 0.6) is 0 Å². The van der Waals surface area contributed by atoms with Gasteiger partial charge in [0.1, 0.15) is 0 Å². The minimum Gasteiger partial charge on any atom is -0.452 e. The highest BCUT2D eigenvalue weighted by Crippen LogP contribution is 2.14. The van der Waals surface area contributed by atoms with E-state index in [-0.39, 0.29) is 19.9 Å². The van der Waals surface area contributed by atoms with Gasteiger partial charge >= 0.3 is 14.8 Å². The van der Waals surface area contributed by atoms with Crippen molar-refractivity contribution in [1.29, 1.82) is 0 Å². The quantitative estimate of drug-likeness (QED) is 0.277. The van der Waals surface area contributed by atoms with Crippen LogP contribution in [0.25, 0.3) is 0 Å². The molecular weight excluding hydrogens is 282 g/mol. The predicted molar refractivity (Wildman–Crippen MR) is 77.1 cm³/mol. The maximum absolute atomic E-state index is 11.3. The van der Waals surface area contributed by atoms with E-state index in [2.05, 4.69) is 16.6 Å². The molecule has 0 bridgehead atoms. The molecule has 1 N–H and O–H groups in total. The van der Waals surface area contributed by atoms with E-state index in [0.29, 0.717) is 19.0 Å². The molecule has 0 aromatic carbocycles. The van der Waals surface area contributed by atoms with Gasteiger partial charge in [0.2, 0.25) is 0 Å². The normalized spacial score (nSPS) is 10.3. The second-order valence-electron chi connectivity index (χ2n) is 3.56. The third-order valence-electron chi connectivity index (χ3n) is 2.43. The molecule has 1 amide bonds. The van der Waals surface area contributed by atoms with Crippen molar-refractivity contribution in [3.05, 3.63) is 12.7 Å². The molecule has 0 aliphatic carbocycles. The standard InChI is InChI=1S/C11H21NO6Si.CH4/c1-5-11(14)18-9-10(13)12-7-6-8-19(15-2,16-3)17-4;/h5H,1,6-9H2,2-4H3,(H,12,13);1H4. The van der Waals surface area contributed by atoms with Crippen LogP contribution in [0.15, 0.2) is 12.7 Å². The summed E-state index contributed by atoms with van der Waals surface area (Å²) in [5, 5.41) is 2.61. The van der Waals surface area contributed by atoms with Crippen molar-refractivity contribution >= 4 is 20.7 Å². The van der Waals surface area contributed by atoms with Gasteiger partial charge in [0, 0.05) is 40.0 Å². The molecule has 8 heteroatoms. The molecule has 20 heavy (non-hydrogen) atoms. The van der Waals surface area contributed by atoms with E-state index in [0.717, 1.165) is 6.08 Å². The summed E-state index contributed by atoms with van der Waals surface area (Å²) >= 11 is 0. The monoisotopic (exact) mass is 307 g/mol. The third kappa shape index (κ3) is 8.05. The Morgan fingerprint density at radius 1 is 1.20 bits per heavy atom. The minimum atomic E-state index is -2.58. The van der Waals surface area contributed by atoms with E-state index >= 15 is 0 Å². The fourth-order valence-corrected chi connectivity index (χ4v) is 3.06. The summed E-state index contributed by atoms with van der Waals surface area (Å²) in [5.41, 5.74) is 0. The zero-order valence-electron chi connectivity index (χ0n) is 11.6. The third-order valence-corrected chi connectivity index (χ3v) is 5.26. The summed E-state index contributed by atoms with van der Waals surface area (Å²) in [6.07, 6.45) is 1.64. The molecule has 0 aromatic rings. The number of carbonyl (C=O) groups excluding carboxylic acids is 2. The lowest BCUT2D eigenvalue weighted by molar-refractivity contribution is -0.143. The smallest absolute Gasteiger partial charge is 0.452 e. The number of esters is 1. The number of amides is 1. The number of hydrogen-bond donors (Lipinski definition) is 1. The van der Waals surface area contributed by atoms with Crippen LogP contribution < -0.4 is 5.32 Å². The lowest BCUT2D eigenvalue weighted by Crippen LogP contribution is -2.43. The Labute approximate surface area is 121 Å². The van der Waals surface area contributed by atoms with Crippen LogP contribution in [0, 0.1) is 0 Å². The van der Waals surface area contributed by atoms with Crippen molar-refractivity contribution in [2.45, 2.75) is 19.9 Å². The van der Waals surface area contributed by atoms with Crippen molar-refractivity contribution < 1.29 is 27.6 Å². The van der Waals surface area contributed by atoms with Gasteiger partial charge in [-0.05, 0) is 6.42 Å². The Balaban J connectivity index is 0. The molecule has 0 fully saturated rings. The second-order valence-corrected chi connectivity index (χ2v) is 6.65. The molecule has 0 rings (SSSR count). The second kappa shape index (κ2) is 11.6. The van der Waals surface area contributed by atoms with Crippen LogP contribution >= 0.6 is 0 Å². The zero-order chi connectivity index (χ0) is 14.7. The van der Waals surface area contributed by atoms with Crippen molar-refractivity contribution in [3.63, 3.8) is 0 Å². The number of hydrogen-bond acceptors (Lipinski definition) is 6. The van der Waals surface area contributed by atoms with E-state index in [9.17, 15) is 9.59 Å². The van der Waals surface area contributed by atoms with Gasteiger partial charge in [-0.1, -0.05) is 14.0 Å². The molecule has 7 nitrogen and oxygen atoms in total. The van der Waals surface area contributed by atoms with Crippen LogP contribution in [-0.4, -0.2) is 55.2 Å². The van der Waals surface area contributed by atoms with E-state index in [4.69, 9.17) is 13.3 Å². The zero-order valence-corrected chi connectivity index (χ0v) is 12.6. The topological polar surface area (TPSA) is 83.1 Å². The average molecular weight is 307 g/mol. The molecule has 0 aromatic heterocycles. The first kappa shape index (κ1) is 21.1. The molecule has 0 aliphatic heterocycles. The van der Waals surface area contributed by atoms with Gasteiger partial charge in [-0.15, -0.1) is 0 Å². The average Bonchev–Trinajstić information content (AvgIpc) is 2.45. The molecule has 118 valence electrons. The van der Waals surface area contributed by atoms with Gasteiger partial charge in [-0.25, -0.2) is 4.79 Å². The maximum Gasteiger partial charge on any atom is 0.500 e. The van der Waals surface area contributed by atoms with Crippen molar-refractivity contribution in [3.8, 4) is 0 Å². The first-order chi connectivity index (χ1) is 9.03. The molecule has 0 atom stereocenters. The van der Waals surface area contributed by atoms with Crippen LogP contribution in [-0.2, 0) is 27.6 Å². The van der Waals surface area contributed by atoms with E-state index in [1.165, 1.54) is 21.3 Å². The molecular formula is C12H25NO6Si. The Hall–Kier alpha value is -1.22. The van der Waals surface area contributed by atoms with Gasteiger partial charge in [-0.3, -0.25) is 4.79 Å². The minimum absolute atomic E-state index is 0. The predicted octanol–water partition coefficient (Wildman–Crippen LogP) is 0.736. The van der Waals surface area contributed by atoms with Crippen molar-refractivity contribution in [2.24, 2.45) is 0 Å². The lowest BCUT2D eigenvalue weighted by Gasteiger charge is -2.24. The fraction of sp³-hybridized carbons (Fsp3) is 0.667. The first-order valence-electron chi connectivity index (χ1n) is 5.75. The summed E-state index contributed by atoms with van der Waals surface area (Å²) in [6, 6.07) is 0.587. The van der Waals surface area contributed by atoms with E-state index in [1.54, 1.807) is 0 Å². The lowest BCUT2D eigenvalue weighted by atomic mass is 10.4. The Kier molecular flexibility index (Phi) is 12.2. The SMILES string of the molecule is C.C=CC(=O)OCC(=O)NCCC[Si](OC)(OC)OC. The molecule has 0 radical (unpaired) electrons. The van der Waals surface area contributed by atoms with Gasteiger partial charge in [0.05, 0.1) is 0 Å². The highest BCUT2D eigenvalue weighted by molar-refractivity contribution is 6.60. The van der Waals surface area contributed by atoms with Gasteiger partial charge in [0.25, 0.3) is 5.91 Å². The Bertz CT molecular complexity index is 298. The fourth-order valence-electron chi connectivity index (χ4n) is 1.34. The highest BCUT2D eigenvalue weighted by atomic mass is 28.4. The summed E-state index contributed by atoms with van der Waals surface area (Å²) in [7, 11) is 2.02. The summed E-state index contributed by atoms with van der Waals surface area (Å²) in [4.78, 5) is 22.0. The maximum atomic E-state index is 11.3. The largest absolute Gasteiger partial charge is 0.500 e. The van der Waals surface area contributed by atoms with Gasteiger partial charge in [-0.2, -0.15) is 0 Å². The first-order valence-corrected chi connectivity index (χ1v) is 7.68. The molecule has 0 saturated carbocycles. The van der Waals surface area contributed by atoms with Crippen LogP contribution in [0.4, 0.5) is 0 Å². The highest BCUT2D eigenvalue weighted by Gasteiger charge is 2.36. The Morgan fingerprint density at radius 3 is 2.20 bits per heavy atom. The molecule has 0 spiro atoms. The number of carbonyl (C=O) groups is 2. The Morgan fingerprint density at radius 2 is 1.75 bits per heavy atom. The number of ether oxygens (including phenoxy) is 1. The molecule has 0 heterocycles. The van der Waals surface area contributed by atoms with Crippen molar-refractivity contribution in [2.75, 3.05) is 34.5 Å². The molecule has 0 saturated heterocycles. The van der Waals surface area contributed by atoms with E-state index < -0.39 is 14.8 Å². The molecule has 0 unspecified atom stereocenters. The van der Waals surface area contributed by atoms with Crippen LogP contribution in [0.3, 0.4) is 0 Å². The van der Waals surface area contributed by atoms with Gasteiger partial charge < -0.3 is 23.3 Å². The van der Waals surface area contributed by atoms with Gasteiger partial charge in [0.15, 0.2) is 6.61 Å². The summed E-state index contributed by atoms with van der Waals surface area (Å²) < 4.78 is 20.3. The number of rotatable bonds is 10. The molecule has 0 aliphatic rings. The van der Waals surface area contributed by atoms with Crippen LogP contribution in [0.1, 0.15) is 13.8 Å². The van der Waals surface area contributed by atoms with Crippen molar-refractivity contribution in [1.82, 2.24) is 5.32 Å². The van der Waals surface area contributed by atoms with Crippen LogP contribution in [0.2, 0.25) is 6.04 Å². The summed E-state index contributed by atoms with van der Waals surface area (Å²) in [5.74, 6) is -0.991. The van der Waals surface area contributed by atoms with E-state index in [1.807, 2.05) is 0 Å².